The number of aliphatic hydroxyl groups excluding tert-OH is 1. The molecule has 0 bridgehead atoms. The first-order valence-electron chi connectivity index (χ1n) is 8.13. The lowest BCUT2D eigenvalue weighted by Crippen LogP contribution is -2.48. The summed E-state index contributed by atoms with van der Waals surface area (Å²) in [5.74, 6) is -1.39. The molecule has 1 amide bonds. The topological polar surface area (TPSA) is 112 Å². The number of aromatic nitrogens is 1. The molecule has 7 heteroatoms. The van der Waals surface area contributed by atoms with Crippen LogP contribution in [-0.4, -0.2) is 45.0 Å². The molecular weight excluding hydrogens is 324 g/mol. The second-order valence-corrected chi connectivity index (χ2v) is 6.93. The van der Waals surface area contributed by atoms with Gasteiger partial charge in [0.2, 0.25) is 0 Å². The van der Waals surface area contributed by atoms with E-state index < -0.39 is 29.8 Å². The highest BCUT2D eigenvalue weighted by Gasteiger charge is 2.29. The molecule has 0 aliphatic rings. The van der Waals surface area contributed by atoms with Crippen LogP contribution in [0.2, 0.25) is 0 Å². The van der Waals surface area contributed by atoms with Crippen LogP contribution in [0.15, 0.2) is 30.5 Å². The van der Waals surface area contributed by atoms with Crippen molar-refractivity contribution in [2.75, 3.05) is 0 Å². The molecule has 4 N–H and O–H groups in total. The van der Waals surface area contributed by atoms with Crippen LogP contribution < -0.4 is 5.32 Å². The Bertz CT molecular complexity index is 747. The molecular formula is C18H24N2O5. The van der Waals surface area contributed by atoms with Crippen molar-refractivity contribution in [3.05, 3.63) is 36.0 Å². The highest BCUT2D eigenvalue weighted by Crippen LogP contribution is 2.20. The van der Waals surface area contributed by atoms with Gasteiger partial charge < -0.3 is 25.3 Å². The number of alkyl carbamates (subject to hydrolysis) is 1. The minimum atomic E-state index is -1.71. The molecule has 0 unspecified atom stereocenters. The Labute approximate surface area is 146 Å². The summed E-state index contributed by atoms with van der Waals surface area (Å²) in [6.45, 7) is 5.13. The quantitative estimate of drug-likeness (QED) is 0.641. The zero-order valence-corrected chi connectivity index (χ0v) is 14.6. The van der Waals surface area contributed by atoms with Crippen molar-refractivity contribution in [2.45, 2.75) is 51.4 Å². The maximum atomic E-state index is 11.9. The summed E-state index contributed by atoms with van der Waals surface area (Å²) in [7, 11) is 0. The second-order valence-electron chi connectivity index (χ2n) is 6.93. The average Bonchev–Trinajstić information content (AvgIpc) is 2.92. The first-order chi connectivity index (χ1) is 11.7. The number of aliphatic hydroxyl groups is 1. The second kappa shape index (κ2) is 7.57. The summed E-state index contributed by atoms with van der Waals surface area (Å²) < 4.78 is 5.15. The first kappa shape index (κ1) is 18.8. The summed E-state index contributed by atoms with van der Waals surface area (Å²) in [6, 6.07) is 6.79. The van der Waals surface area contributed by atoms with Gasteiger partial charge in [-0.1, -0.05) is 18.2 Å². The van der Waals surface area contributed by atoms with Gasteiger partial charge in [0.05, 0.1) is 6.04 Å². The van der Waals surface area contributed by atoms with Crippen molar-refractivity contribution in [1.29, 1.82) is 0 Å². The highest BCUT2D eigenvalue weighted by molar-refractivity contribution is 5.83. The predicted octanol–water partition coefficient (Wildman–Crippen LogP) is 2.44. The van der Waals surface area contributed by atoms with Gasteiger partial charge in [-0.15, -0.1) is 0 Å². The Kier molecular flexibility index (Phi) is 5.69. The summed E-state index contributed by atoms with van der Waals surface area (Å²) in [5, 5.41) is 22.5. The third kappa shape index (κ3) is 5.22. The molecule has 0 radical (unpaired) electrons. The van der Waals surface area contributed by atoms with E-state index in [2.05, 4.69) is 10.3 Å². The number of carbonyl (C=O) groups excluding carboxylic acids is 1. The Morgan fingerprint density at radius 1 is 1.28 bits per heavy atom. The van der Waals surface area contributed by atoms with E-state index in [0.29, 0.717) is 6.42 Å². The van der Waals surface area contributed by atoms with Gasteiger partial charge in [0.25, 0.3) is 0 Å². The zero-order valence-electron chi connectivity index (χ0n) is 14.6. The normalized spacial score (nSPS) is 14.1. The number of para-hydroxylation sites is 1. The van der Waals surface area contributed by atoms with Crippen LogP contribution in [0.5, 0.6) is 0 Å². The Balaban J connectivity index is 2.08. The summed E-state index contributed by atoms with van der Waals surface area (Å²) >= 11 is 0. The van der Waals surface area contributed by atoms with Crippen LogP contribution in [0.1, 0.15) is 32.8 Å². The van der Waals surface area contributed by atoms with E-state index in [1.165, 1.54) is 0 Å². The van der Waals surface area contributed by atoms with E-state index in [0.717, 1.165) is 16.5 Å². The van der Waals surface area contributed by atoms with E-state index in [-0.39, 0.29) is 6.42 Å². The molecule has 1 heterocycles. The number of carboxylic acids is 1. The number of nitrogens with one attached hydrogen (secondary N) is 2. The average molecular weight is 348 g/mol. The number of aromatic amines is 1. The third-order valence-electron chi connectivity index (χ3n) is 3.74. The molecule has 2 rings (SSSR count). The number of aryl methyl sites for hydroxylation is 1. The fourth-order valence-electron chi connectivity index (χ4n) is 2.59. The fourth-order valence-corrected chi connectivity index (χ4v) is 2.59. The molecule has 0 saturated heterocycles. The van der Waals surface area contributed by atoms with Gasteiger partial charge in [0, 0.05) is 17.1 Å². The SMILES string of the molecule is CC(C)(C)OC(=O)N[C@H](CCc1c[nH]c2ccccc12)[C@H](O)C(=O)O. The lowest BCUT2D eigenvalue weighted by Gasteiger charge is -2.25. The van der Waals surface area contributed by atoms with Crippen molar-refractivity contribution in [3.8, 4) is 0 Å². The largest absolute Gasteiger partial charge is 0.479 e. The minimum Gasteiger partial charge on any atom is -0.479 e. The van der Waals surface area contributed by atoms with Crippen LogP contribution in [0.3, 0.4) is 0 Å². The smallest absolute Gasteiger partial charge is 0.407 e. The van der Waals surface area contributed by atoms with Crippen molar-refractivity contribution >= 4 is 23.0 Å². The van der Waals surface area contributed by atoms with Crippen molar-refractivity contribution in [2.24, 2.45) is 0 Å². The molecule has 1 aromatic heterocycles. The number of carbonyl (C=O) groups is 2. The van der Waals surface area contributed by atoms with Crippen LogP contribution in [0, 0.1) is 0 Å². The number of amides is 1. The predicted molar refractivity (Wildman–Crippen MR) is 93.4 cm³/mol. The summed E-state index contributed by atoms with van der Waals surface area (Å²) in [5.41, 5.74) is 1.26. The Morgan fingerprint density at radius 3 is 2.60 bits per heavy atom. The number of ether oxygens (including phenoxy) is 1. The van der Waals surface area contributed by atoms with Gasteiger partial charge in [-0.3, -0.25) is 0 Å². The summed E-state index contributed by atoms with van der Waals surface area (Å²) in [4.78, 5) is 26.2. The molecule has 1 aromatic carbocycles. The number of H-pyrrole nitrogens is 1. The van der Waals surface area contributed by atoms with Crippen LogP contribution in [0.4, 0.5) is 4.79 Å². The maximum absolute atomic E-state index is 11.9. The number of hydrogen-bond donors (Lipinski definition) is 4. The standard InChI is InChI=1S/C18H24N2O5/c1-18(2,3)25-17(24)20-14(15(21)16(22)23)9-8-11-10-19-13-7-5-4-6-12(11)13/h4-7,10,14-15,19,21H,8-9H2,1-3H3,(H,20,24)(H,22,23)/t14-,15+/m1/s1. The summed E-state index contributed by atoms with van der Waals surface area (Å²) in [6.07, 6.45) is 0.139. The number of aliphatic carboxylic acids is 1. The Hall–Kier alpha value is -2.54. The molecule has 0 fully saturated rings. The molecule has 0 aliphatic heterocycles. The van der Waals surface area contributed by atoms with Crippen molar-refractivity contribution < 1.29 is 24.5 Å². The van der Waals surface area contributed by atoms with Crippen LogP contribution >= 0.6 is 0 Å². The monoisotopic (exact) mass is 348 g/mol. The zero-order chi connectivity index (χ0) is 18.6. The van der Waals surface area contributed by atoms with Gasteiger partial charge in [-0.2, -0.15) is 0 Å². The lowest BCUT2D eigenvalue weighted by molar-refractivity contribution is -0.148. The molecule has 2 aromatic rings. The molecule has 0 spiro atoms. The number of fused-ring (bicyclic) bond motifs is 1. The third-order valence-corrected chi connectivity index (χ3v) is 3.74. The van der Waals surface area contributed by atoms with Gasteiger partial charge in [-0.25, -0.2) is 9.59 Å². The maximum Gasteiger partial charge on any atom is 0.407 e. The molecule has 0 saturated carbocycles. The molecule has 136 valence electrons. The minimum absolute atomic E-state index is 0.258. The van der Waals surface area contributed by atoms with E-state index in [9.17, 15) is 14.7 Å². The van der Waals surface area contributed by atoms with E-state index in [1.807, 2.05) is 30.5 Å². The highest BCUT2D eigenvalue weighted by atomic mass is 16.6. The molecule has 25 heavy (non-hydrogen) atoms. The number of hydrogen-bond acceptors (Lipinski definition) is 4. The van der Waals surface area contributed by atoms with Gasteiger partial charge in [0.1, 0.15) is 5.60 Å². The fraction of sp³-hybridized carbons (Fsp3) is 0.444. The number of rotatable bonds is 6. The van der Waals surface area contributed by atoms with Crippen molar-refractivity contribution in [3.63, 3.8) is 0 Å². The molecule has 0 aliphatic carbocycles. The van der Waals surface area contributed by atoms with E-state index in [4.69, 9.17) is 9.84 Å². The van der Waals surface area contributed by atoms with Gasteiger partial charge in [0.15, 0.2) is 6.10 Å². The first-order valence-corrected chi connectivity index (χ1v) is 8.13. The number of benzene rings is 1. The van der Waals surface area contributed by atoms with Gasteiger partial charge >= 0.3 is 12.1 Å². The van der Waals surface area contributed by atoms with Gasteiger partial charge in [-0.05, 0) is 45.2 Å². The number of carboxylic acid groups (broad SMARTS) is 1. The van der Waals surface area contributed by atoms with Crippen LogP contribution in [-0.2, 0) is 16.0 Å². The van der Waals surface area contributed by atoms with E-state index in [1.54, 1.807) is 20.8 Å². The molecule has 7 nitrogen and oxygen atoms in total. The Morgan fingerprint density at radius 2 is 1.96 bits per heavy atom. The molecule has 2 atom stereocenters. The van der Waals surface area contributed by atoms with Crippen molar-refractivity contribution in [1.82, 2.24) is 10.3 Å². The van der Waals surface area contributed by atoms with Crippen LogP contribution in [0.25, 0.3) is 10.9 Å². The van der Waals surface area contributed by atoms with E-state index >= 15 is 0 Å². The lowest BCUT2D eigenvalue weighted by atomic mass is 10.0.